The van der Waals surface area contributed by atoms with Crippen molar-refractivity contribution in [3.05, 3.63) is 16.4 Å². The number of ether oxygens (including phenoxy) is 1. The Labute approximate surface area is 115 Å². The maximum atomic E-state index is 6.21. The van der Waals surface area contributed by atoms with Crippen LogP contribution in [0.5, 0.6) is 0 Å². The van der Waals surface area contributed by atoms with Gasteiger partial charge in [0.1, 0.15) is 5.15 Å². The highest BCUT2D eigenvalue weighted by atomic mass is 35.5. The summed E-state index contributed by atoms with van der Waals surface area (Å²) < 4.78 is 6.74. The normalized spacial score (nSPS) is 12.9. The molecule has 0 saturated carbocycles. The number of aromatic nitrogens is 2. The molecular weight excluding hydrogens is 250 g/mol. The van der Waals surface area contributed by atoms with Crippen LogP contribution in [0.3, 0.4) is 0 Å². The first kappa shape index (κ1) is 15.5. The fourth-order valence-electron chi connectivity index (χ4n) is 1.97. The van der Waals surface area contributed by atoms with Crippen molar-refractivity contribution in [3.63, 3.8) is 0 Å². The van der Waals surface area contributed by atoms with E-state index in [9.17, 15) is 0 Å². The van der Waals surface area contributed by atoms with Gasteiger partial charge in [0, 0.05) is 26.3 Å². The molecule has 1 heterocycles. The van der Waals surface area contributed by atoms with Crippen LogP contribution in [0.15, 0.2) is 0 Å². The minimum atomic E-state index is 0.623. The number of halogens is 1. The van der Waals surface area contributed by atoms with Crippen molar-refractivity contribution in [1.82, 2.24) is 15.1 Å². The molecule has 0 spiro atoms. The van der Waals surface area contributed by atoms with Crippen molar-refractivity contribution in [2.24, 2.45) is 13.0 Å². The summed E-state index contributed by atoms with van der Waals surface area (Å²) >= 11 is 6.21. The van der Waals surface area contributed by atoms with Crippen LogP contribution in [0.2, 0.25) is 5.15 Å². The zero-order valence-electron chi connectivity index (χ0n) is 11.8. The van der Waals surface area contributed by atoms with Crippen molar-refractivity contribution >= 4 is 11.6 Å². The van der Waals surface area contributed by atoms with Gasteiger partial charge in [0.25, 0.3) is 0 Å². The molecule has 4 nitrogen and oxygen atoms in total. The predicted octanol–water partition coefficient (Wildman–Crippen LogP) is 2.19. The first-order valence-corrected chi connectivity index (χ1v) is 6.81. The molecule has 1 aromatic rings. The van der Waals surface area contributed by atoms with Crippen molar-refractivity contribution in [2.45, 2.75) is 26.7 Å². The van der Waals surface area contributed by atoms with Crippen LogP contribution in [0, 0.1) is 12.8 Å². The van der Waals surface area contributed by atoms with Gasteiger partial charge >= 0.3 is 0 Å². The predicted molar refractivity (Wildman–Crippen MR) is 75.2 cm³/mol. The van der Waals surface area contributed by atoms with E-state index >= 15 is 0 Å². The number of rotatable bonds is 8. The highest BCUT2D eigenvalue weighted by Gasteiger charge is 2.12. The molecule has 1 atom stereocenters. The van der Waals surface area contributed by atoms with Crippen molar-refractivity contribution < 1.29 is 4.74 Å². The minimum Gasteiger partial charge on any atom is -0.383 e. The maximum absolute atomic E-state index is 6.21. The molecule has 0 aromatic carbocycles. The lowest BCUT2D eigenvalue weighted by molar-refractivity contribution is 0.198. The summed E-state index contributed by atoms with van der Waals surface area (Å²) in [5.41, 5.74) is 2.23. The molecule has 0 bridgehead atoms. The highest BCUT2D eigenvalue weighted by Crippen LogP contribution is 2.21. The van der Waals surface area contributed by atoms with E-state index < -0.39 is 0 Å². The Morgan fingerprint density at radius 3 is 2.78 bits per heavy atom. The quantitative estimate of drug-likeness (QED) is 0.738. The third-order valence-electron chi connectivity index (χ3n) is 3.13. The van der Waals surface area contributed by atoms with Gasteiger partial charge in [0.05, 0.1) is 12.3 Å². The van der Waals surface area contributed by atoms with Gasteiger partial charge in [-0.25, -0.2) is 0 Å². The molecule has 0 aliphatic rings. The average Bonchev–Trinajstić information content (AvgIpc) is 2.57. The summed E-state index contributed by atoms with van der Waals surface area (Å²) in [5.74, 6) is 0.623. The SMILES string of the molecule is COCCNCC(C)CCc1c(C)nn(C)c1Cl. The summed E-state index contributed by atoms with van der Waals surface area (Å²) in [4.78, 5) is 0. The van der Waals surface area contributed by atoms with Crippen LogP contribution < -0.4 is 5.32 Å². The highest BCUT2D eigenvalue weighted by molar-refractivity contribution is 6.30. The van der Waals surface area contributed by atoms with Gasteiger partial charge in [-0.15, -0.1) is 0 Å². The van der Waals surface area contributed by atoms with Gasteiger partial charge in [-0.2, -0.15) is 5.10 Å². The van der Waals surface area contributed by atoms with Crippen molar-refractivity contribution in [2.75, 3.05) is 26.8 Å². The zero-order valence-corrected chi connectivity index (χ0v) is 12.5. The standard InChI is InChI=1S/C13H24ClN3O/c1-10(9-15-7-8-18-4)5-6-12-11(2)16-17(3)13(12)14/h10,15H,5-9H2,1-4H3. The number of methoxy groups -OCH3 is 1. The second kappa shape index (κ2) is 7.77. The number of hydrogen-bond acceptors (Lipinski definition) is 3. The lowest BCUT2D eigenvalue weighted by Gasteiger charge is -2.12. The molecule has 0 radical (unpaired) electrons. The van der Waals surface area contributed by atoms with Crippen LogP contribution >= 0.6 is 11.6 Å². The molecule has 0 fully saturated rings. The average molecular weight is 274 g/mol. The molecule has 0 amide bonds. The fraction of sp³-hybridized carbons (Fsp3) is 0.769. The van der Waals surface area contributed by atoms with Crippen LogP contribution in [0.1, 0.15) is 24.6 Å². The van der Waals surface area contributed by atoms with Gasteiger partial charge in [0.2, 0.25) is 0 Å². The van der Waals surface area contributed by atoms with Gasteiger partial charge in [-0.1, -0.05) is 18.5 Å². The molecule has 0 saturated heterocycles. The van der Waals surface area contributed by atoms with E-state index in [4.69, 9.17) is 16.3 Å². The molecule has 1 aromatic heterocycles. The third kappa shape index (κ3) is 4.59. The number of hydrogen-bond donors (Lipinski definition) is 1. The van der Waals surface area contributed by atoms with E-state index in [0.717, 1.165) is 43.4 Å². The van der Waals surface area contributed by atoms with Gasteiger partial charge in [-0.05, 0) is 32.2 Å². The second-order valence-corrected chi connectivity index (χ2v) is 5.18. The molecule has 5 heteroatoms. The van der Waals surface area contributed by atoms with E-state index in [1.54, 1.807) is 11.8 Å². The molecule has 1 rings (SSSR count). The first-order chi connectivity index (χ1) is 8.56. The minimum absolute atomic E-state index is 0.623. The van der Waals surface area contributed by atoms with E-state index in [0.29, 0.717) is 5.92 Å². The summed E-state index contributed by atoms with van der Waals surface area (Å²) in [6.07, 6.45) is 2.11. The Hall–Kier alpha value is -0.580. The van der Waals surface area contributed by atoms with Crippen LogP contribution in [0.4, 0.5) is 0 Å². The molecule has 18 heavy (non-hydrogen) atoms. The summed E-state index contributed by atoms with van der Waals surface area (Å²) in [7, 11) is 3.60. The van der Waals surface area contributed by atoms with Crippen LogP contribution in [0.25, 0.3) is 0 Å². The lowest BCUT2D eigenvalue weighted by Crippen LogP contribution is -2.25. The Bertz CT molecular complexity index is 365. The molecule has 0 aliphatic carbocycles. The Morgan fingerprint density at radius 1 is 1.50 bits per heavy atom. The van der Waals surface area contributed by atoms with E-state index in [1.807, 2.05) is 14.0 Å². The van der Waals surface area contributed by atoms with E-state index in [1.165, 1.54) is 5.56 Å². The van der Waals surface area contributed by atoms with E-state index in [-0.39, 0.29) is 0 Å². The summed E-state index contributed by atoms with van der Waals surface area (Å²) in [6, 6.07) is 0. The molecule has 0 aliphatic heterocycles. The summed E-state index contributed by atoms with van der Waals surface area (Å²) in [5, 5.41) is 8.48. The van der Waals surface area contributed by atoms with Crippen LogP contribution in [-0.4, -0.2) is 36.6 Å². The maximum Gasteiger partial charge on any atom is 0.130 e. The van der Waals surface area contributed by atoms with Crippen molar-refractivity contribution in [1.29, 1.82) is 0 Å². The Morgan fingerprint density at radius 2 is 2.22 bits per heavy atom. The Balaban J connectivity index is 2.31. The monoisotopic (exact) mass is 273 g/mol. The topological polar surface area (TPSA) is 39.1 Å². The zero-order chi connectivity index (χ0) is 13.5. The third-order valence-corrected chi connectivity index (χ3v) is 3.61. The molecule has 104 valence electrons. The van der Waals surface area contributed by atoms with Gasteiger partial charge in [-0.3, -0.25) is 4.68 Å². The first-order valence-electron chi connectivity index (χ1n) is 6.43. The lowest BCUT2D eigenvalue weighted by atomic mass is 10.0. The molecular formula is C13H24ClN3O. The largest absolute Gasteiger partial charge is 0.383 e. The second-order valence-electron chi connectivity index (χ2n) is 4.82. The van der Waals surface area contributed by atoms with Gasteiger partial charge in [0.15, 0.2) is 0 Å². The molecule has 1 N–H and O–H groups in total. The fourth-order valence-corrected chi connectivity index (χ4v) is 2.24. The van der Waals surface area contributed by atoms with Crippen molar-refractivity contribution in [3.8, 4) is 0 Å². The number of aryl methyl sites for hydroxylation is 2. The van der Waals surface area contributed by atoms with Crippen LogP contribution in [-0.2, 0) is 18.2 Å². The summed E-state index contributed by atoms with van der Waals surface area (Å²) in [6.45, 7) is 6.95. The number of nitrogens with one attached hydrogen (secondary N) is 1. The number of nitrogens with zero attached hydrogens (tertiary/aromatic N) is 2. The van der Waals surface area contributed by atoms with E-state index in [2.05, 4.69) is 17.3 Å². The van der Waals surface area contributed by atoms with Gasteiger partial charge < -0.3 is 10.1 Å². The molecule has 1 unspecified atom stereocenters. The Kier molecular flexibility index (Phi) is 6.68. The smallest absolute Gasteiger partial charge is 0.130 e.